The molecule has 0 aliphatic rings. The van der Waals surface area contributed by atoms with E-state index < -0.39 is 32.4 Å². The molecule has 0 aliphatic carbocycles. The van der Waals surface area contributed by atoms with Gasteiger partial charge in [0, 0.05) is 13.1 Å². The zero-order valence-corrected chi connectivity index (χ0v) is 10.9. The van der Waals surface area contributed by atoms with E-state index in [9.17, 15) is 21.6 Å². The van der Waals surface area contributed by atoms with E-state index in [1.165, 1.54) is 6.92 Å². The topological polar surface area (TPSA) is 86.0 Å². The number of halogens is 3. The fraction of sp³-hybridized carbons (Fsp3) is 0.300. The molecule has 0 radical (unpaired) electrons. The summed E-state index contributed by atoms with van der Waals surface area (Å²) in [5.41, 5.74) is -1.02. The van der Waals surface area contributed by atoms with Gasteiger partial charge in [0.1, 0.15) is 5.75 Å². The first-order valence-electron chi connectivity index (χ1n) is 5.24. The summed E-state index contributed by atoms with van der Waals surface area (Å²) in [6, 6.07) is 1.45. The lowest BCUT2D eigenvalue weighted by Crippen LogP contribution is -2.11. The molecule has 2 aromatic rings. The Morgan fingerprint density at radius 3 is 2.45 bits per heavy atom. The monoisotopic (exact) mass is 307 g/mol. The number of hydrogen-bond acceptors (Lipinski definition) is 6. The standard InChI is InChI=1S/C10H8F3N3O3S/c1-6-15-8(16-19-6)5-20(17,18)9-3-2-7(4-14-9)10(11,12)13/h2-4H,5H2,1H3. The fourth-order valence-corrected chi connectivity index (χ4v) is 2.47. The molecule has 0 amide bonds. The number of pyridine rings is 1. The van der Waals surface area contributed by atoms with E-state index in [0.717, 1.165) is 6.07 Å². The molecule has 108 valence electrons. The van der Waals surface area contributed by atoms with Crippen molar-refractivity contribution in [3.05, 3.63) is 35.6 Å². The highest BCUT2D eigenvalue weighted by molar-refractivity contribution is 7.90. The van der Waals surface area contributed by atoms with Crippen molar-refractivity contribution in [2.24, 2.45) is 0 Å². The summed E-state index contributed by atoms with van der Waals surface area (Å²) in [5.74, 6) is -0.484. The average Bonchev–Trinajstić information content (AvgIpc) is 2.73. The minimum atomic E-state index is -4.57. The van der Waals surface area contributed by atoms with Crippen LogP contribution in [0.2, 0.25) is 0 Å². The van der Waals surface area contributed by atoms with Crippen molar-refractivity contribution in [2.75, 3.05) is 0 Å². The number of rotatable bonds is 3. The van der Waals surface area contributed by atoms with Gasteiger partial charge >= 0.3 is 6.18 Å². The molecule has 0 atom stereocenters. The molecular formula is C10H8F3N3O3S. The summed E-state index contributed by atoms with van der Waals surface area (Å²) >= 11 is 0. The smallest absolute Gasteiger partial charge is 0.340 e. The maximum Gasteiger partial charge on any atom is 0.417 e. The van der Waals surface area contributed by atoms with E-state index in [1.807, 2.05) is 0 Å². The normalized spacial score (nSPS) is 12.6. The first-order chi connectivity index (χ1) is 9.18. The fourth-order valence-electron chi connectivity index (χ4n) is 1.38. The Hall–Kier alpha value is -1.97. The maximum absolute atomic E-state index is 12.3. The van der Waals surface area contributed by atoms with Crippen molar-refractivity contribution in [3.63, 3.8) is 0 Å². The van der Waals surface area contributed by atoms with Crippen LogP contribution in [0.4, 0.5) is 13.2 Å². The number of aromatic nitrogens is 3. The second kappa shape index (κ2) is 4.85. The molecule has 0 saturated carbocycles. The van der Waals surface area contributed by atoms with E-state index in [1.54, 1.807) is 0 Å². The molecule has 6 nitrogen and oxygen atoms in total. The molecule has 0 aliphatic heterocycles. The van der Waals surface area contributed by atoms with Crippen molar-refractivity contribution < 1.29 is 26.1 Å². The van der Waals surface area contributed by atoms with Crippen LogP contribution in [0.15, 0.2) is 27.9 Å². The van der Waals surface area contributed by atoms with Crippen LogP contribution in [0.3, 0.4) is 0 Å². The highest BCUT2D eigenvalue weighted by atomic mass is 32.2. The second-order valence-corrected chi connectivity index (χ2v) is 5.81. The highest BCUT2D eigenvalue weighted by Crippen LogP contribution is 2.29. The SMILES string of the molecule is Cc1nc(CS(=O)(=O)c2ccc(C(F)(F)F)cn2)no1. The van der Waals surface area contributed by atoms with E-state index in [-0.39, 0.29) is 11.7 Å². The number of aryl methyl sites for hydroxylation is 1. The Morgan fingerprint density at radius 2 is 2.00 bits per heavy atom. The summed E-state index contributed by atoms with van der Waals surface area (Å²) in [6.45, 7) is 1.49. The average molecular weight is 307 g/mol. The predicted octanol–water partition coefficient (Wildman–Crippen LogP) is 1.77. The van der Waals surface area contributed by atoms with Crippen LogP contribution in [0, 0.1) is 6.92 Å². The van der Waals surface area contributed by atoms with Crippen molar-refractivity contribution in [1.29, 1.82) is 0 Å². The van der Waals surface area contributed by atoms with Crippen LogP contribution >= 0.6 is 0 Å². The first-order valence-corrected chi connectivity index (χ1v) is 6.89. The number of sulfone groups is 1. The lowest BCUT2D eigenvalue weighted by atomic mass is 10.3. The van der Waals surface area contributed by atoms with Gasteiger partial charge in [-0.3, -0.25) is 0 Å². The molecule has 0 bridgehead atoms. The molecule has 2 heterocycles. The lowest BCUT2D eigenvalue weighted by Gasteiger charge is -2.06. The van der Waals surface area contributed by atoms with Crippen LogP contribution in [-0.2, 0) is 21.8 Å². The van der Waals surface area contributed by atoms with Crippen LogP contribution in [0.25, 0.3) is 0 Å². The van der Waals surface area contributed by atoms with E-state index in [2.05, 4.69) is 19.6 Å². The van der Waals surface area contributed by atoms with Gasteiger partial charge in [0.15, 0.2) is 10.9 Å². The number of nitrogens with zero attached hydrogens (tertiary/aromatic N) is 3. The molecule has 0 aromatic carbocycles. The summed E-state index contributed by atoms with van der Waals surface area (Å²) in [7, 11) is -3.93. The molecule has 10 heteroatoms. The van der Waals surface area contributed by atoms with Gasteiger partial charge in [-0.1, -0.05) is 5.16 Å². The van der Waals surface area contributed by atoms with Crippen molar-refractivity contribution in [2.45, 2.75) is 23.9 Å². The Bertz CT molecular complexity index is 707. The Morgan fingerprint density at radius 1 is 1.30 bits per heavy atom. The minimum Gasteiger partial charge on any atom is -0.340 e. The largest absolute Gasteiger partial charge is 0.417 e. The Balaban J connectivity index is 2.26. The third-order valence-electron chi connectivity index (χ3n) is 2.27. The van der Waals surface area contributed by atoms with Crippen molar-refractivity contribution in [1.82, 2.24) is 15.1 Å². The third kappa shape index (κ3) is 3.13. The summed E-state index contributed by atoms with van der Waals surface area (Å²) in [6.07, 6.45) is -4.10. The highest BCUT2D eigenvalue weighted by Gasteiger charge is 2.31. The number of alkyl halides is 3. The van der Waals surface area contributed by atoms with E-state index >= 15 is 0 Å². The maximum atomic E-state index is 12.3. The second-order valence-electron chi connectivity index (χ2n) is 3.87. The van der Waals surface area contributed by atoms with Gasteiger partial charge < -0.3 is 4.52 Å². The van der Waals surface area contributed by atoms with Gasteiger partial charge in [-0.2, -0.15) is 18.2 Å². The van der Waals surface area contributed by atoms with Crippen LogP contribution in [0.5, 0.6) is 0 Å². The number of hydrogen-bond donors (Lipinski definition) is 0. The lowest BCUT2D eigenvalue weighted by molar-refractivity contribution is -0.137. The molecule has 2 aromatic heterocycles. The van der Waals surface area contributed by atoms with Crippen molar-refractivity contribution in [3.8, 4) is 0 Å². The Kier molecular flexibility index (Phi) is 3.50. The predicted molar refractivity (Wildman–Crippen MR) is 59.2 cm³/mol. The molecule has 0 saturated heterocycles. The van der Waals surface area contributed by atoms with Gasteiger partial charge in [-0.05, 0) is 12.1 Å². The Labute approximate surface area is 111 Å². The summed E-state index contributed by atoms with van der Waals surface area (Å²) in [5, 5.41) is 2.93. The van der Waals surface area contributed by atoms with Gasteiger partial charge in [-0.15, -0.1) is 0 Å². The molecule has 0 N–H and O–H groups in total. The summed E-state index contributed by atoms with van der Waals surface area (Å²) < 4.78 is 65.5. The van der Waals surface area contributed by atoms with Crippen molar-refractivity contribution >= 4 is 9.84 Å². The third-order valence-corrected chi connectivity index (χ3v) is 3.79. The molecule has 0 spiro atoms. The van der Waals surface area contributed by atoms with Gasteiger partial charge in [0.2, 0.25) is 15.7 Å². The van der Waals surface area contributed by atoms with Crippen LogP contribution in [0.1, 0.15) is 17.3 Å². The van der Waals surface area contributed by atoms with Gasteiger partial charge in [0.25, 0.3) is 0 Å². The van der Waals surface area contributed by atoms with Gasteiger partial charge in [-0.25, -0.2) is 13.4 Å². The first kappa shape index (κ1) is 14.4. The minimum absolute atomic E-state index is 0.0794. The quantitative estimate of drug-likeness (QED) is 0.859. The van der Waals surface area contributed by atoms with E-state index in [4.69, 9.17) is 0 Å². The molecular weight excluding hydrogens is 299 g/mol. The van der Waals surface area contributed by atoms with Gasteiger partial charge in [0.05, 0.1) is 5.56 Å². The van der Waals surface area contributed by atoms with Crippen LogP contribution in [-0.4, -0.2) is 23.5 Å². The zero-order valence-electron chi connectivity index (χ0n) is 10.0. The molecule has 2 rings (SSSR count). The summed E-state index contributed by atoms with van der Waals surface area (Å²) in [4.78, 5) is 7.04. The van der Waals surface area contributed by atoms with Crippen LogP contribution < -0.4 is 0 Å². The molecule has 0 unspecified atom stereocenters. The zero-order chi connectivity index (χ0) is 15.0. The van der Waals surface area contributed by atoms with E-state index in [0.29, 0.717) is 12.3 Å². The molecule has 20 heavy (non-hydrogen) atoms. The molecule has 0 fully saturated rings.